The minimum Gasteiger partial charge on any atom is -0.507 e. The number of benzene rings is 1. The maximum Gasteiger partial charge on any atom is 0.127 e. The van der Waals surface area contributed by atoms with Crippen molar-refractivity contribution in [3.8, 4) is 5.75 Å². The van der Waals surface area contributed by atoms with Gasteiger partial charge in [0.15, 0.2) is 0 Å². The van der Waals surface area contributed by atoms with Gasteiger partial charge in [0, 0.05) is 17.8 Å². The van der Waals surface area contributed by atoms with Crippen molar-refractivity contribution < 1.29 is 5.11 Å². The minimum atomic E-state index is 0.370. The van der Waals surface area contributed by atoms with Crippen LogP contribution in [0, 0.1) is 6.92 Å². The summed E-state index contributed by atoms with van der Waals surface area (Å²) in [6.07, 6.45) is 2.01. The second kappa shape index (κ2) is 5.69. The Kier molecular flexibility index (Phi) is 4.53. The molecule has 0 fully saturated rings. The summed E-state index contributed by atoms with van der Waals surface area (Å²) in [5.74, 6) is 0.370. The lowest BCUT2D eigenvalue weighted by atomic mass is 10.0. The maximum atomic E-state index is 10.0. The van der Waals surface area contributed by atoms with E-state index < -0.39 is 0 Å². The van der Waals surface area contributed by atoms with Crippen LogP contribution in [0.2, 0.25) is 0 Å². The number of rotatable bonds is 4. The van der Waals surface area contributed by atoms with E-state index in [4.69, 9.17) is 0 Å². The van der Waals surface area contributed by atoms with Crippen molar-refractivity contribution in [1.82, 2.24) is 0 Å². The summed E-state index contributed by atoms with van der Waals surface area (Å²) in [5, 5.41) is 10.0. The number of aryl methyl sites for hydroxylation is 2. The van der Waals surface area contributed by atoms with Crippen LogP contribution < -0.4 is 0 Å². The van der Waals surface area contributed by atoms with E-state index in [1.807, 2.05) is 26.0 Å². The van der Waals surface area contributed by atoms with E-state index >= 15 is 0 Å². The molecule has 2 nitrogen and oxygen atoms in total. The van der Waals surface area contributed by atoms with Crippen LogP contribution in [0.4, 0.5) is 0 Å². The molecule has 0 heterocycles. The third-order valence-corrected chi connectivity index (χ3v) is 2.73. The van der Waals surface area contributed by atoms with Crippen molar-refractivity contribution in [2.75, 3.05) is 6.54 Å². The molecule has 0 saturated heterocycles. The Morgan fingerprint density at radius 2 is 2.00 bits per heavy atom. The number of hydrogen-bond acceptors (Lipinski definition) is 2. The number of aliphatic imine (C=N–C) groups is 1. The molecule has 0 amide bonds. The predicted octanol–water partition coefficient (Wildman–Crippen LogP) is 3.48. The molecule has 0 aliphatic rings. The van der Waals surface area contributed by atoms with E-state index in [9.17, 15) is 5.11 Å². The SMILES string of the molecule is CCCN=C(C)c1cc(CC)cc(C)c1O. The first-order valence-electron chi connectivity index (χ1n) is 5.94. The van der Waals surface area contributed by atoms with Gasteiger partial charge >= 0.3 is 0 Å². The molecule has 0 aliphatic carbocycles. The summed E-state index contributed by atoms with van der Waals surface area (Å²) in [7, 11) is 0. The predicted molar refractivity (Wildman–Crippen MR) is 69.6 cm³/mol. The molecule has 1 N–H and O–H groups in total. The molecule has 2 heteroatoms. The molecule has 0 aromatic heterocycles. The van der Waals surface area contributed by atoms with Gasteiger partial charge in [-0.05, 0) is 43.9 Å². The molecule has 0 saturated carbocycles. The highest BCUT2D eigenvalue weighted by Gasteiger charge is 2.08. The zero-order valence-corrected chi connectivity index (χ0v) is 10.7. The Labute approximate surface area is 98.0 Å². The summed E-state index contributed by atoms with van der Waals surface area (Å²) >= 11 is 0. The van der Waals surface area contributed by atoms with Gasteiger partial charge in [0.2, 0.25) is 0 Å². The highest BCUT2D eigenvalue weighted by Crippen LogP contribution is 2.25. The van der Waals surface area contributed by atoms with Gasteiger partial charge in [0.1, 0.15) is 5.75 Å². The van der Waals surface area contributed by atoms with Gasteiger partial charge in [-0.15, -0.1) is 0 Å². The standard InChI is InChI=1S/C14H21NO/c1-5-7-15-11(4)13-9-12(6-2)8-10(3)14(13)16/h8-9,16H,5-7H2,1-4H3. The fourth-order valence-corrected chi connectivity index (χ4v) is 1.70. The van der Waals surface area contributed by atoms with Crippen molar-refractivity contribution in [2.24, 2.45) is 4.99 Å². The molecule has 0 aliphatic heterocycles. The average Bonchev–Trinajstić information content (AvgIpc) is 2.29. The third-order valence-electron chi connectivity index (χ3n) is 2.73. The smallest absolute Gasteiger partial charge is 0.127 e. The largest absolute Gasteiger partial charge is 0.507 e. The van der Waals surface area contributed by atoms with Crippen LogP contribution in [0.15, 0.2) is 17.1 Å². The number of aromatic hydroxyl groups is 1. The van der Waals surface area contributed by atoms with Crippen LogP contribution in [-0.2, 0) is 6.42 Å². The highest BCUT2D eigenvalue weighted by molar-refractivity contribution is 6.01. The number of hydrogen-bond donors (Lipinski definition) is 1. The van der Waals surface area contributed by atoms with Gasteiger partial charge in [-0.25, -0.2) is 0 Å². The number of phenolic OH excluding ortho intramolecular Hbond substituents is 1. The van der Waals surface area contributed by atoms with E-state index in [1.165, 1.54) is 5.56 Å². The first-order valence-corrected chi connectivity index (χ1v) is 5.94. The molecule has 0 radical (unpaired) electrons. The van der Waals surface area contributed by atoms with Crippen LogP contribution in [-0.4, -0.2) is 17.4 Å². The van der Waals surface area contributed by atoms with Crippen LogP contribution in [0.3, 0.4) is 0 Å². The molecule has 0 spiro atoms. The lowest BCUT2D eigenvalue weighted by Crippen LogP contribution is -2.00. The Balaban J connectivity index is 3.16. The van der Waals surface area contributed by atoms with Gasteiger partial charge in [-0.2, -0.15) is 0 Å². The summed E-state index contributed by atoms with van der Waals surface area (Å²) in [5.41, 5.74) is 3.99. The second-order valence-corrected chi connectivity index (χ2v) is 4.13. The van der Waals surface area contributed by atoms with Crippen LogP contribution >= 0.6 is 0 Å². The van der Waals surface area contributed by atoms with Crippen LogP contribution in [0.5, 0.6) is 5.75 Å². The average molecular weight is 219 g/mol. The second-order valence-electron chi connectivity index (χ2n) is 4.13. The fourth-order valence-electron chi connectivity index (χ4n) is 1.70. The molecular formula is C14H21NO. The zero-order valence-electron chi connectivity index (χ0n) is 10.7. The maximum absolute atomic E-state index is 10.0. The molecule has 0 atom stereocenters. The molecule has 16 heavy (non-hydrogen) atoms. The van der Waals surface area contributed by atoms with Gasteiger partial charge in [0.05, 0.1) is 0 Å². The topological polar surface area (TPSA) is 32.6 Å². The van der Waals surface area contributed by atoms with Crippen molar-refractivity contribution in [3.05, 3.63) is 28.8 Å². The monoisotopic (exact) mass is 219 g/mol. The van der Waals surface area contributed by atoms with E-state index in [2.05, 4.69) is 18.8 Å². The summed E-state index contributed by atoms with van der Waals surface area (Å²) < 4.78 is 0. The molecular weight excluding hydrogens is 198 g/mol. The zero-order chi connectivity index (χ0) is 12.1. The normalized spacial score (nSPS) is 11.9. The Hall–Kier alpha value is -1.31. The molecule has 0 bridgehead atoms. The first-order chi connectivity index (χ1) is 7.60. The van der Waals surface area contributed by atoms with Gasteiger partial charge in [-0.1, -0.05) is 19.9 Å². The third kappa shape index (κ3) is 2.84. The van der Waals surface area contributed by atoms with Crippen LogP contribution in [0.1, 0.15) is 43.9 Å². The van der Waals surface area contributed by atoms with E-state index in [1.54, 1.807) is 0 Å². The molecule has 0 unspecified atom stereocenters. The lowest BCUT2D eigenvalue weighted by Gasteiger charge is -2.10. The number of nitrogens with zero attached hydrogens (tertiary/aromatic N) is 1. The lowest BCUT2D eigenvalue weighted by molar-refractivity contribution is 0.469. The van der Waals surface area contributed by atoms with Gasteiger partial charge in [0.25, 0.3) is 0 Å². The van der Waals surface area contributed by atoms with Crippen molar-refractivity contribution in [1.29, 1.82) is 0 Å². The van der Waals surface area contributed by atoms with Crippen molar-refractivity contribution in [2.45, 2.75) is 40.5 Å². The Morgan fingerprint density at radius 1 is 1.31 bits per heavy atom. The Bertz CT molecular complexity index is 394. The number of phenols is 1. The molecule has 88 valence electrons. The quantitative estimate of drug-likeness (QED) is 0.772. The van der Waals surface area contributed by atoms with Gasteiger partial charge in [-0.3, -0.25) is 4.99 Å². The summed E-state index contributed by atoms with van der Waals surface area (Å²) in [6, 6.07) is 4.07. The molecule has 1 rings (SSSR count). The fraction of sp³-hybridized carbons (Fsp3) is 0.500. The molecule has 1 aromatic rings. The van der Waals surface area contributed by atoms with E-state index in [0.29, 0.717) is 5.75 Å². The Morgan fingerprint density at radius 3 is 2.56 bits per heavy atom. The van der Waals surface area contributed by atoms with Crippen molar-refractivity contribution >= 4 is 5.71 Å². The summed E-state index contributed by atoms with van der Waals surface area (Å²) in [6.45, 7) is 8.94. The molecule has 1 aromatic carbocycles. The van der Waals surface area contributed by atoms with E-state index in [0.717, 1.165) is 36.2 Å². The van der Waals surface area contributed by atoms with E-state index in [-0.39, 0.29) is 0 Å². The summed E-state index contributed by atoms with van der Waals surface area (Å²) in [4.78, 5) is 4.45. The highest BCUT2D eigenvalue weighted by atomic mass is 16.3. The van der Waals surface area contributed by atoms with Crippen molar-refractivity contribution in [3.63, 3.8) is 0 Å². The van der Waals surface area contributed by atoms with Gasteiger partial charge < -0.3 is 5.11 Å². The first kappa shape index (κ1) is 12.8. The minimum absolute atomic E-state index is 0.370. The van der Waals surface area contributed by atoms with Crippen LogP contribution in [0.25, 0.3) is 0 Å².